The Kier molecular flexibility index (Phi) is 5.09. The Labute approximate surface area is 152 Å². The van der Waals surface area contributed by atoms with Crippen LogP contribution in [0.15, 0.2) is 48.7 Å². The van der Waals surface area contributed by atoms with Crippen LogP contribution in [0.3, 0.4) is 0 Å². The van der Waals surface area contributed by atoms with E-state index in [9.17, 15) is 9.90 Å². The summed E-state index contributed by atoms with van der Waals surface area (Å²) in [6.07, 6.45) is 1.59. The fourth-order valence-corrected chi connectivity index (χ4v) is 2.94. The normalized spacial score (nSPS) is 10.6. The molecular weight excluding hydrogens is 326 g/mol. The van der Waals surface area contributed by atoms with Crippen LogP contribution in [0.1, 0.15) is 32.9 Å². The predicted octanol–water partition coefficient (Wildman–Crippen LogP) is 3.81. The van der Waals surface area contributed by atoms with Gasteiger partial charge in [-0.3, -0.25) is 4.79 Å². The predicted molar refractivity (Wildman–Crippen MR) is 102 cm³/mol. The van der Waals surface area contributed by atoms with Gasteiger partial charge >= 0.3 is 0 Å². The third-order valence-electron chi connectivity index (χ3n) is 4.19. The van der Waals surface area contributed by atoms with E-state index < -0.39 is 0 Å². The van der Waals surface area contributed by atoms with E-state index in [1.54, 1.807) is 12.3 Å². The van der Waals surface area contributed by atoms with Crippen molar-refractivity contribution in [1.29, 1.82) is 0 Å². The molecule has 1 aromatic heterocycles. The third-order valence-corrected chi connectivity index (χ3v) is 4.19. The van der Waals surface area contributed by atoms with Crippen LogP contribution in [0.5, 0.6) is 0 Å². The van der Waals surface area contributed by atoms with Crippen molar-refractivity contribution in [3.63, 3.8) is 0 Å². The molecule has 5 nitrogen and oxygen atoms in total. The molecule has 132 valence electrons. The number of carbonyl (C=O) groups excluding carboxylic acids is 1. The standard InChI is InChI=1S/C21H21N3O2/c1-13-5-4-6-17(9-13)18-7-8-22-20(23-18)21(26)24-19-14(2)10-16(12-25)11-15(19)3/h4-11,25H,12H2,1-3H3,(H,24,26). The number of aryl methyl sites for hydroxylation is 3. The van der Waals surface area contributed by atoms with E-state index in [4.69, 9.17) is 0 Å². The molecule has 26 heavy (non-hydrogen) atoms. The maximum Gasteiger partial charge on any atom is 0.293 e. The van der Waals surface area contributed by atoms with Crippen LogP contribution >= 0.6 is 0 Å². The molecule has 1 heterocycles. The summed E-state index contributed by atoms with van der Waals surface area (Å²) in [6.45, 7) is 5.77. The number of anilines is 1. The fraction of sp³-hybridized carbons (Fsp3) is 0.190. The molecule has 0 bridgehead atoms. The van der Waals surface area contributed by atoms with Gasteiger partial charge in [-0.15, -0.1) is 0 Å². The molecule has 0 radical (unpaired) electrons. The summed E-state index contributed by atoms with van der Waals surface area (Å²) in [4.78, 5) is 21.2. The van der Waals surface area contributed by atoms with Gasteiger partial charge in [-0.2, -0.15) is 0 Å². The number of carbonyl (C=O) groups is 1. The van der Waals surface area contributed by atoms with Gasteiger partial charge in [-0.05, 0) is 49.6 Å². The quantitative estimate of drug-likeness (QED) is 0.752. The topological polar surface area (TPSA) is 75.1 Å². The number of hydrogen-bond acceptors (Lipinski definition) is 4. The van der Waals surface area contributed by atoms with Gasteiger partial charge < -0.3 is 10.4 Å². The average Bonchev–Trinajstić information content (AvgIpc) is 2.64. The number of aliphatic hydroxyl groups excluding tert-OH is 1. The van der Waals surface area contributed by atoms with Gasteiger partial charge in [0, 0.05) is 17.4 Å². The molecule has 3 rings (SSSR count). The zero-order valence-corrected chi connectivity index (χ0v) is 15.1. The summed E-state index contributed by atoms with van der Waals surface area (Å²) in [5.41, 5.74) is 6.09. The van der Waals surface area contributed by atoms with Crippen LogP contribution < -0.4 is 5.32 Å². The molecule has 0 aliphatic rings. The smallest absolute Gasteiger partial charge is 0.293 e. The fourth-order valence-electron chi connectivity index (χ4n) is 2.94. The highest BCUT2D eigenvalue weighted by atomic mass is 16.3. The van der Waals surface area contributed by atoms with E-state index in [0.29, 0.717) is 5.69 Å². The molecular formula is C21H21N3O2. The van der Waals surface area contributed by atoms with Gasteiger partial charge in [-0.25, -0.2) is 9.97 Å². The maximum atomic E-state index is 12.6. The Morgan fingerprint density at radius 1 is 1.08 bits per heavy atom. The van der Waals surface area contributed by atoms with Crippen LogP contribution in [0, 0.1) is 20.8 Å². The molecule has 0 unspecified atom stereocenters. The number of aromatic nitrogens is 2. The first-order valence-corrected chi connectivity index (χ1v) is 8.40. The Balaban J connectivity index is 1.89. The van der Waals surface area contributed by atoms with Gasteiger partial charge in [0.2, 0.25) is 5.82 Å². The molecule has 3 aromatic rings. The molecule has 0 saturated heterocycles. The number of hydrogen-bond donors (Lipinski definition) is 2. The lowest BCUT2D eigenvalue weighted by Gasteiger charge is -2.13. The largest absolute Gasteiger partial charge is 0.392 e. The Morgan fingerprint density at radius 3 is 2.46 bits per heavy atom. The minimum Gasteiger partial charge on any atom is -0.392 e. The minimum absolute atomic E-state index is 0.0302. The molecule has 0 spiro atoms. The van der Waals surface area contributed by atoms with Crippen LogP contribution in [-0.4, -0.2) is 21.0 Å². The van der Waals surface area contributed by atoms with Crippen LogP contribution in [0.2, 0.25) is 0 Å². The molecule has 2 aromatic carbocycles. The van der Waals surface area contributed by atoms with Crippen molar-refractivity contribution in [2.24, 2.45) is 0 Å². The zero-order valence-electron chi connectivity index (χ0n) is 15.1. The number of rotatable bonds is 4. The number of benzene rings is 2. The van der Waals surface area contributed by atoms with E-state index in [1.165, 1.54) is 0 Å². The second kappa shape index (κ2) is 7.45. The van der Waals surface area contributed by atoms with E-state index in [1.807, 2.05) is 57.2 Å². The van der Waals surface area contributed by atoms with E-state index in [2.05, 4.69) is 15.3 Å². The highest BCUT2D eigenvalue weighted by Gasteiger charge is 2.14. The van der Waals surface area contributed by atoms with Gasteiger partial charge in [0.25, 0.3) is 5.91 Å². The van der Waals surface area contributed by atoms with Crippen LogP contribution in [-0.2, 0) is 6.61 Å². The van der Waals surface area contributed by atoms with Crippen molar-refractivity contribution < 1.29 is 9.90 Å². The average molecular weight is 347 g/mol. The monoisotopic (exact) mass is 347 g/mol. The summed E-state index contributed by atoms with van der Waals surface area (Å²) in [7, 11) is 0. The lowest BCUT2D eigenvalue weighted by molar-refractivity contribution is 0.101. The van der Waals surface area contributed by atoms with Crippen molar-refractivity contribution in [3.05, 3.63) is 76.7 Å². The van der Waals surface area contributed by atoms with Crippen molar-refractivity contribution in [2.45, 2.75) is 27.4 Å². The van der Waals surface area contributed by atoms with Gasteiger partial charge in [0.1, 0.15) is 0 Å². The highest BCUT2D eigenvalue weighted by molar-refractivity contribution is 6.02. The third kappa shape index (κ3) is 3.78. The van der Waals surface area contributed by atoms with Crippen molar-refractivity contribution in [3.8, 4) is 11.3 Å². The molecule has 5 heteroatoms. The van der Waals surface area contributed by atoms with Gasteiger partial charge in [-0.1, -0.05) is 35.9 Å². The van der Waals surface area contributed by atoms with Crippen LogP contribution in [0.25, 0.3) is 11.3 Å². The summed E-state index contributed by atoms with van der Waals surface area (Å²) < 4.78 is 0. The molecule has 2 N–H and O–H groups in total. The highest BCUT2D eigenvalue weighted by Crippen LogP contribution is 2.23. The minimum atomic E-state index is -0.359. The number of amides is 1. The molecule has 0 atom stereocenters. The first-order chi connectivity index (χ1) is 12.5. The molecule has 1 amide bonds. The Hall–Kier alpha value is -3.05. The Morgan fingerprint density at radius 2 is 1.81 bits per heavy atom. The van der Waals surface area contributed by atoms with E-state index >= 15 is 0 Å². The van der Waals surface area contributed by atoms with E-state index in [0.717, 1.165) is 33.5 Å². The Bertz CT molecular complexity index is 944. The summed E-state index contributed by atoms with van der Waals surface area (Å²) >= 11 is 0. The van der Waals surface area contributed by atoms with Gasteiger partial charge in [0.05, 0.1) is 12.3 Å². The molecule has 0 aliphatic carbocycles. The SMILES string of the molecule is Cc1cccc(-c2ccnc(C(=O)Nc3c(C)cc(CO)cc3C)n2)c1. The van der Waals surface area contributed by atoms with Crippen molar-refractivity contribution >= 4 is 11.6 Å². The first kappa shape index (κ1) is 17.8. The lowest BCUT2D eigenvalue weighted by atomic mass is 10.0. The molecule has 0 fully saturated rings. The van der Waals surface area contributed by atoms with Gasteiger partial charge in [0.15, 0.2) is 0 Å². The molecule has 0 aliphatic heterocycles. The summed E-state index contributed by atoms with van der Waals surface area (Å²) in [5.74, 6) is -0.239. The second-order valence-corrected chi connectivity index (χ2v) is 6.35. The number of nitrogens with one attached hydrogen (secondary N) is 1. The second-order valence-electron chi connectivity index (χ2n) is 6.35. The summed E-state index contributed by atoms with van der Waals surface area (Å²) in [5, 5.41) is 12.2. The molecule has 0 saturated carbocycles. The lowest BCUT2D eigenvalue weighted by Crippen LogP contribution is -2.17. The number of aliphatic hydroxyl groups is 1. The van der Waals surface area contributed by atoms with Crippen LogP contribution in [0.4, 0.5) is 5.69 Å². The van der Waals surface area contributed by atoms with Crippen molar-refractivity contribution in [2.75, 3.05) is 5.32 Å². The summed E-state index contributed by atoms with van der Waals surface area (Å²) in [6, 6.07) is 13.4. The maximum absolute atomic E-state index is 12.6. The zero-order chi connectivity index (χ0) is 18.7. The van der Waals surface area contributed by atoms with E-state index in [-0.39, 0.29) is 18.3 Å². The first-order valence-electron chi connectivity index (χ1n) is 8.40. The van der Waals surface area contributed by atoms with Crippen molar-refractivity contribution in [1.82, 2.24) is 9.97 Å². The number of nitrogens with zero attached hydrogens (tertiary/aromatic N) is 2.